The van der Waals surface area contributed by atoms with Gasteiger partial charge in [-0.3, -0.25) is 20.1 Å². The van der Waals surface area contributed by atoms with Crippen LogP contribution in [0.1, 0.15) is 5.56 Å². The topological polar surface area (TPSA) is 196 Å². The Morgan fingerprint density at radius 1 is 1.39 bits per heavy atom. The highest BCUT2D eigenvalue weighted by Gasteiger charge is 2.17. The molecule has 0 unspecified atom stereocenters. The highest BCUT2D eigenvalue weighted by atomic mass is 16.8. The monoisotopic (exact) mass is 317 g/mol. The molecule has 1 aromatic heterocycles. The Balaban J connectivity index is 2.10. The first kappa shape index (κ1) is 15.7. The van der Waals surface area contributed by atoms with Gasteiger partial charge in [-0.15, -0.1) is 5.10 Å². The van der Waals surface area contributed by atoms with Gasteiger partial charge in [0.25, 0.3) is 5.95 Å². The van der Waals surface area contributed by atoms with Gasteiger partial charge in [0, 0.05) is 0 Å². The van der Waals surface area contributed by atoms with E-state index in [-0.39, 0.29) is 28.8 Å². The van der Waals surface area contributed by atoms with E-state index in [9.17, 15) is 14.8 Å². The largest absolute Gasteiger partial charge is 0.733 e. The summed E-state index contributed by atoms with van der Waals surface area (Å²) in [6.45, 7) is 0. The highest BCUT2D eigenvalue weighted by Crippen LogP contribution is 2.21. The van der Waals surface area contributed by atoms with Gasteiger partial charge >= 0.3 is 11.8 Å². The zero-order valence-corrected chi connectivity index (χ0v) is 11.3. The molecule has 0 fully saturated rings. The first-order chi connectivity index (χ1) is 10.9. The fraction of sp³-hybridized carbons (Fsp3) is 0. The molecule has 0 aliphatic heterocycles. The number of aromatic nitrogens is 3. The average Bonchev–Trinajstić information content (AvgIpc) is 2.92. The molecule has 2 aromatic rings. The SMILES string of the molecule is N#Cc1cc(N([O-])O)ccc1NC(=O)C(=O)Nc1n[nH]c(N)n1. The molecule has 12 nitrogen and oxygen atoms in total. The third-order valence-corrected chi connectivity index (χ3v) is 2.53. The summed E-state index contributed by atoms with van der Waals surface area (Å²) in [7, 11) is 0. The van der Waals surface area contributed by atoms with Gasteiger partial charge in [-0.25, -0.2) is 5.10 Å². The minimum absolute atomic E-state index is 0.0206. The first-order valence-electron chi connectivity index (χ1n) is 5.91. The van der Waals surface area contributed by atoms with Gasteiger partial charge in [-0.05, 0) is 18.2 Å². The number of carbonyl (C=O) groups excluding carboxylic acids is 2. The van der Waals surface area contributed by atoms with E-state index in [0.29, 0.717) is 0 Å². The number of anilines is 4. The number of carbonyl (C=O) groups is 2. The van der Waals surface area contributed by atoms with Gasteiger partial charge in [0.1, 0.15) is 6.07 Å². The second kappa shape index (κ2) is 6.39. The Kier molecular flexibility index (Phi) is 4.36. The van der Waals surface area contributed by atoms with E-state index in [4.69, 9.17) is 16.2 Å². The molecule has 118 valence electrons. The van der Waals surface area contributed by atoms with Crippen LogP contribution >= 0.6 is 0 Å². The van der Waals surface area contributed by atoms with Crippen LogP contribution in [0, 0.1) is 16.5 Å². The van der Waals surface area contributed by atoms with Crippen molar-refractivity contribution in [3.63, 3.8) is 0 Å². The summed E-state index contributed by atoms with van der Waals surface area (Å²) < 4.78 is 0. The van der Waals surface area contributed by atoms with E-state index < -0.39 is 17.0 Å². The van der Waals surface area contributed by atoms with Gasteiger partial charge in [-0.1, -0.05) is 0 Å². The summed E-state index contributed by atoms with van der Waals surface area (Å²) in [5, 5.41) is 38.1. The third-order valence-electron chi connectivity index (χ3n) is 2.53. The van der Waals surface area contributed by atoms with Crippen LogP contribution in [0.2, 0.25) is 0 Å². The van der Waals surface area contributed by atoms with Crippen LogP contribution in [0.25, 0.3) is 0 Å². The number of nitrogens with zero attached hydrogens (tertiary/aromatic N) is 4. The van der Waals surface area contributed by atoms with Crippen molar-refractivity contribution in [2.24, 2.45) is 0 Å². The Morgan fingerprint density at radius 2 is 2.09 bits per heavy atom. The summed E-state index contributed by atoms with van der Waals surface area (Å²) in [5.41, 5.74) is 4.91. The maximum absolute atomic E-state index is 11.8. The predicted molar refractivity (Wildman–Crippen MR) is 76.8 cm³/mol. The van der Waals surface area contributed by atoms with Gasteiger partial charge in [0.2, 0.25) is 5.95 Å². The van der Waals surface area contributed by atoms with Crippen LogP contribution < -0.4 is 21.6 Å². The number of benzene rings is 1. The van der Waals surface area contributed by atoms with Crippen LogP contribution in [0.4, 0.5) is 23.3 Å². The molecular formula is C11H9N8O4-. The number of nitrogen functional groups attached to an aromatic ring is 1. The minimum Gasteiger partial charge on any atom is -0.733 e. The summed E-state index contributed by atoms with van der Waals surface area (Å²) in [6.07, 6.45) is 0. The molecule has 1 heterocycles. The summed E-state index contributed by atoms with van der Waals surface area (Å²) in [6, 6.07) is 5.09. The average molecular weight is 317 g/mol. The van der Waals surface area contributed by atoms with Gasteiger partial charge in [-0.2, -0.15) is 10.2 Å². The molecular weight excluding hydrogens is 308 g/mol. The number of nitrogens with two attached hydrogens (primary N) is 1. The fourth-order valence-electron chi connectivity index (χ4n) is 1.52. The molecule has 2 amide bonds. The van der Waals surface area contributed by atoms with Crippen molar-refractivity contribution < 1.29 is 14.8 Å². The lowest BCUT2D eigenvalue weighted by Gasteiger charge is -2.22. The number of H-pyrrole nitrogens is 1. The molecule has 0 aliphatic carbocycles. The van der Waals surface area contributed by atoms with Gasteiger partial charge in [0.15, 0.2) is 0 Å². The minimum atomic E-state index is -1.10. The number of hydrogen-bond donors (Lipinski definition) is 5. The first-order valence-corrected chi connectivity index (χ1v) is 5.91. The van der Waals surface area contributed by atoms with Crippen molar-refractivity contribution in [1.29, 1.82) is 5.26 Å². The predicted octanol–water partition coefficient (Wildman–Crippen LogP) is -0.471. The van der Waals surface area contributed by atoms with E-state index in [1.165, 1.54) is 6.07 Å². The number of rotatable bonds is 3. The zero-order chi connectivity index (χ0) is 17.0. The van der Waals surface area contributed by atoms with Crippen molar-refractivity contribution in [3.05, 3.63) is 29.0 Å². The number of nitriles is 1. The maximum atomic E-state index is 11.8. The lowest BCUT2D eigenvalue weighted by molar-refractivity contribution is -0.133. The number of aromatic amines is 1. The Morgan fingerprint density at radius 3 is 2.65 bits per heavy atom. The molecule has 0 spiro atoms. The molecule has 0 bridgehead atoms. The molecule has 0 saturated carbocycles. The number of nitrogens with one attached hydrogen (secondary N) is 3. The maximum Gasteiger partial charge on any atom is 0.316 e. The van der Waals surface area contributed by atoms with E-state index >= 15 is 0 Å². The smallest absolute Gasteiger partial charge is 0.316 e. The van der Waals surface area contributed by atoms with Crippen LogP contribution in [0.5, 0.6) is 0 Å². The molecule has 23 heavy (non-hydrogen) atoms. The number of hydrogen-bond acceptors (Lipinski definition) is 9. The second-order valence-electron chi connectivity index (χ2n) is 4.07. The lowest BCUT2D eigenvalue weighted by atomic mass is 10.1. The molecule has 1 aromatic carbocycles. The molecule has 12 heteroatoms. The standard InChI is InChI=1S/C11H9N8O4/c12-4-5-3-6(19(22)23)1-2-7(5)14-8(20)9(21)15-11-16-10(13)17-18-11/h1-3,22H,(H,14,20)(H4,13,15,16,17,18,21)/q-1. The second-order valence-corrected chi connectivity index (χ2v) is 4.07. The van der Waals surface area contributed by atoms with E-state index in [1.54, 1.807) is 6.07 Å². The molecule has 0 radical (unpaired) electrons. The molecule has 6 N–H and O–H groups in total. The zero-order valence-electron chi connectivity index (χ0n) is 11.3. The van der Waals surface area contributed by atoms with E-state index in [2.05, 4.69) is 25.8 Å². The lowest BCUT2D eigenvalue weighted by Crippen LogP contribution is -2.29. The molecule has 0 aliphatic rings. The van der Waals surface area contributed by atoms with Crippen molar-refractivity contribution in [2.75, 3.05) is 21.6 Å². The summed E-state index contributed by atoms with van der Waals surface area (Å²) in [5.74, 6) is -2.43. The van der Waals surface area contributed by atoms with E-state index in [0.717, 1.165) is 12.1 Å². The number of amides is 2. The van der Waals surface area contributed by atoms with Crippen LogP contribution in [-0.2, 0) is 9.59 Å². The van der Waals surface area contributed by atoms with Gasteiger partial charge in [0.05, 0.1) is 16.9 Å². The quantitative estimate of drug-likeness (QED) is 0.367. The normalized spacial score (nSPS) is 9.78. The summed E-state index contributed by atoms with van der Waals surface area (Å²) >= 11 is 0. The highest BCUT2D eigenvalue weighted by molar-refractivity contribution is 6.43. The Hall–Kier alpha value is -3.69. The van der Waals surface area contributed by atoms with Crippen LogP contribution in [0.15, 0.2) is 18.2 Å². The van der Waals surface area contributed by atoms with Crippen molar-refractivity contribution in [1.82, 2.24) is 15.2 Å². The summed E-state index contributed by atoms with van der Waals surface area (Å²) in [4.78, 5) is 27.0. The third kappa shape index (κ3) is 3.69. The van der Waals surface area contributed by atoms with Gasteiger partial charge < -0.3 is 21.5 Å². The van der Waals surface area contributed by atoms with Crippen molar-refractivity contribution >= 4 is 35.1 Å². The molecule has 2 rings (SSSR count). The molecule has 0 saturated heterocycles. The fourth-order valence-corrected chi connectivity index (χ4v) is 1.52. The Labute approximate surface area is 128 Å². The molecule has 0 atom stereocenters. The van der Waals surface area contributed by atoms with E-state index in [1.807, 2.05) is 0 Å². The van der Waals surface area contributed by atoms with Crippen LogP contribution in [-0.4, -0.2) is 32.2 Å². The Bertz CT molecular complexity index is 794. The van der Waals surface area contributed by atoms with Crippen LogP contribution in [0.3, 0.4) is 0 Å². The van der Waals surface area contributed by atoms with Crippen molar-refractivity contribution in [2.45, 2.75) is 0 Å². The van der Waals surface area contributed by atoms with Crippen molar-refractivity contribution in [3.8, 4) is 6.07 Å².